The maximum atomic E-state index is 12.2. The molecule has 0 spiro atoms. The fourth-order valence-corrected chi connectivity index (χ4v) is 3.99. The van der Waals surface area contributed by atoms with Gasteiger partial charge in [-0.25, -0.2) is 4.98 Å². The summed E-state index contributed by atoms with van der Waals surface area (Å²) in [5.74, 6) is 0.0831. The van der Waals surface area contributed by atoms with E-state index < -0.39 is 0 Å². The topological polar surface area (TPSA) is 46.4 Å². The zero-order valence-corrected chi connectivity index (χ0v) is 14.3. The molecule has 3 aromatic heterocycles. The van der Waals surface area contributed by atoms with E-state index in [2.05, 4.69) is 30.2 Å². The molecule has 3 rings (SSSR count). The second-order valence-electron chi connectivity index (χ2n) is 5.24. The van der Waals surface area contributed by atoms with E-state index in [0.29, 0.717) is 6.42 Å². The number of aromatic nitrogens is 2. The molecule has 0 aliphatic rings. The minimum Gasteiger partial charge on any atom is -0.353 e. The third kappa shape index (κ3) is 3.08. The lowest BCUT2D eigenvalue weighted by atomic mass is 10.1. The van der Waals surface area contributed by atoms with Crippen LogP contribution in [0.15, 0.2) is 29.1 Å². The first-order chi connectivity index (χ1) is 10.7. The van der Waals surface area contributed by atoms with Gasteiger partial charge in [-0.15, -0.1) is 22.7 Å². The number of nitrogens with one attached hydrogen (secondary N) is 1. The molecule has 0 unspecified atom stereocenters. The molecular formula is C16H19N3OS2. The Labute approximate surface area is 137 Å². The van der Waals surface area contributed by atoms with Gasteiger partial charge in [0.15, 0.2) is 4.96 Å². The lowest BCUT2D eigenvalue weighted by molar-refractivity contribution is -0.121. The average Bonchev–Trinajstić information content (AvgIpc) is 3.22. The van der Waals surface area contributed by atoms with Crippen LogP contribution in [0.3, 0.4) is 0 Å². The zero-order chi connectivity index (χ0) is 15.5. The van der Waals surface area contributed by atoms with Gasteiger partial charge < -0.3 is 5.32 Å². The summed E-state index contributed by atoms with van der Waals surface area (Å²) in [6.45, 7) is 4.20. The third-order valence-corrected chi connectivity index (χ3v) is 5.53. The molecule has 0 bridgehead atoms. The highest BCUT2D eigenvalue weighted by atomic mass is 32.1. The largest absolute Gasteiger partial charge is 0.353 e. The SMILES string of the molecule is CCC(CC)NC(=O)Cc1csc2nc(-c3cccs3)cn12. The normalized spacial score (nSPS) is 11.4. The Bertz CT molecular complexity index is 754. The van der Waals surface area contributed by atoms with Gasteiger partial charge >= 0.3 is 0 Å². The zero-order valence-electron chi connectivity index (χ0n) is 12.7. The van der Waals surface area contributed by atoms with Crippen LogP contribution in [-0.2, 0) is 11.2 Å². The van der Waals surface area contributed by atoms with Crippen molar-refractivity contribution < 1.29 is 4.79 Å². The van der Waals surface area contributed by atoms with Crippen molar-refractivity contribution in [3.63, 3.8) is 0 Å². The molecule has 0 fully saturated rings. The van der Waals surface area contributed by atoms with Gasteiger partial charge in [-0.3, -0.25) is 9.20 Å². The van der Waals surface area contributed by atoms with Crippen LogP contribution in [0.4, 0.5) is 0 Å². The number of hydrogen-bond donors (Lipinski definition) is 1. The number of thiophene rings is 1. The maximum absolute atomic E-state index is 12.2. The first kappa shape index (κ1) is 15.2. The Kier molecular flexibility index (Phi) is 4.59. The number of rotatable bonds is 6. The first-order valence-corrected chi connectivity index (χ1v) is 9.25. The number of fused-ring (bicyclic) bond motifs is 1. The predicted octanol–water partition coefficient (Wildman–Crippen LogP) is 3.97. The summed E-state index contributed by atoms with van der Waals surface area (Å²) in [7, 11) is 0. The summed E-state index contributed by atoms with van der Waals surface area (Å²) in [4.78, 5) is 18.9. The Hall–Kier alpha value is -1.66. The predicted molar refractivity (Wildman–Crippen MR) is 92.6 cm³/mol. The summed E-state index contributed by atoms with van der Waals surface area (Å²) < 4.78 is 2.03. The smallest absolute Gasteiger partial charge is 0.226 e. The first-order valence-electron chi connectivity index (χ1n) is 7.50. The van der Waals surface area contributed by atoms with Gasteiger partial charge in [0, 0.05) is 23.3 Å². The summed E-state index contributed by atoms with van der Waals surface area (Å²) in [5.41, 5.74) is 1.97. The molecule has 1 N–H and O–H groups in total. The second-order valence-corrected chi connectivity index (χ2v) is 7.03. The van der Waals surface area contributed by atoms with Crippen molar-refractivity contribution in [1.82, 2.24) is 14.7 Å². The second kappa shape index (κ2) is 6.62. The van der Waals surface area contributed by atoms with E-state index in [4.69, 9.17) is 0 Å². The van der Waals surface area contributed by atoms with Crippen LogP contribution < -0.4 is 5.32 Å². The van der Waals surface area contributed by atoms with Crippen molar-refractivity contribution >= 4 is 33.5 Å². The average molecular weight is 333 g/mol. The van der Waals surface area contributed by atoms with Crippen molar-refractivity contribution in [2.75, 3.05) is 0 Å². The molecule has 0 saturated heterocycles. The molecule has 0 aliphatic heterocycles. The fourth-order valence-electron chi connectivity index (χ4n) is 2.44. The molecular weight excluding hydrogens is 314 g/mol. The summed E-state index contributed by atoms with van der Waals surface area (Å²) in [5, 5.41) is 7.16. The third-order valence-electron chi connectivity index (χ3n) is 3.75. The van der Waals surface area contributed by atoms with Gasteiger partial charge in [0.25, 0.3) is 0 Å². The van der Waals surface area contributed by atoms with E-state index in [1.165, 1.54) is 0 Å². The molecule has 4 nitrogen and oxygen atoms in total. The van der Waals surface area contributed by atoms with E-state index in [-0.39, 0.29) is 11.9 Å². The number of imidazole rings is 1. The number of carbonyl (C=O) groups excluding carboxylic acids is 1. The van der Waals surface area contributed by atoms with Crippen LogP contribution >= 0.6 is 22.7 Å². The number of carbonyl (C=O) groups is 1. The highest BCUT2D eigenvalue weighted by Gasteiger charge is 2.14. The van der Waals surface area contributed by atoms with Crippen LogP contribution in [0.25, 0.3) is 15.5 Å². The van der Waals surface area contributed by atoms with Crippen LogP contribution in [0.2, 0.25) is 0 Å². The number of nitrogens with zero attached hydrogens (tertiary/aromatic N) is 2. The Balaban J connectivity index is 1.78. The summed E-state index contributed by atoms with van der Waals surface area (Å²) in [6, 6.07) is 4.36. The minimum absolute atomic E-state index is 0.0831. The molecule has 3 aromatic rings. The fraction of sp³-hybridized carbons (Fsp3) is 0.375. The Morgan fingerprint density at radius 2 is 2.18 bits per heavy atom. The van der Waals surface area contributed by atoms with Crippen molar-refractivity contribution in [2.24, 2.45) is 0 Å². The molecule has 0 aromatic carbocycles. The molecule has 116 valence electrons. The molecule has 6 heteroatoms. The van der Waals surface area contributed by atoms with Crippen molar-refractivity contribution in [2.45, 2.75) is 39.2 Å². The van der Waals surface area contributed by atoms with Crippen molar-refractivity contribution in [3.8, 4) is 10.6 Å². The number of hydrogen-bond acceptors (Lipinski definition) is 4. The van der Waals surface area contributed by atoms with Gasteiger partial charge in [0.2, 0.25) is 5.91 Å². The molecule has 3 heterocycles. The van der Waals surface area contributed by atoms with E-state index in [1.54, 1.807) is 22.7 Å². The van der Waals surface area contributed by atoms with Gasteiger partial charge in [0.1, 0.15) is 5.69 Å². The maximum Gasteiger partial charge on any atom is 0.226 e. The molecule has 0 radical (unpaired) electrons. The van der Waals surface area contributed by atoms with E-state index in [1.807, 2.05) is 27.4 Å². The van der Waals surface area contributed by atoms with Crippen LogP contribution in [0.5, 0.6) is 0 Å². The lowest BCUT2D eigenvalue weighted by Crippen LogP contribution is -2.35. The van der Waals surface area contributed by atoms with E-state index in [9.17, 15) is 4.79 Å². The lowest BCUT2D eigenvalue weighted by Gasteiger charge is -2.14. The number of thiazole rings is 1. The quantitative estimate of drug-likeness (QED) is 0.742. The highest BCUT2D eigenvalue weighted by molar-refractivity contribution is 7.15. The van der Waals surface area contributed by atoms with Crippen LogP contribution in [-0.4, -0.2) is 21.3 Å². The van der Waals surface area contributed by atoms with Gasteiger partial charge in [-0.2, -0.15) is 0 Å². The Morgan fingerprint density at radius 3 is 2.86 bits per heavy atom. The van der Waals surface area contributed by atoms with E-state index >= 15 is 0 Å². The van der Waals surface area contributed by atoms with Crippen LogP contribution in [0, 0.1) is 0 Å². The summed E-state index contributed by atoms with van der Waals surface area (Å²) in [6.07, 6.45) is 4.36. The van der Waals surface area contributed by atoms with Crippen LogP contribution in [0.1, 0.15) is 32.4 Å². The van der Waals surface area contributed by atoms with Gasteiger partial charge in [-0.05, 0) is 24.3 Å². The molecule has 0 aliphatic carbocycles. The molecule has 0 saturated carbocycles. The summed E-state index contributed by atoms with van der Waals surface area (Å²) >= 11 is 3.26. The molecule has 1 amide bonds. The molecule has 0 atom stereocenters. The minimum atomic E-state index is 0.0831. The standard InChI is InChI=1S/C16H19N3OS2/c1-3-11(4-2)17-15(20)8-12-10-22-16-18-13(9-19(12)16)14-6-5-7-21-14/h5-7,9-11H,3-4,8H2,1-2H3,(H,17,20). The highest BCUT2D eigenvalue weighted by Crippen LogP contribution is 2.27. The van der Waals surface area contributed by atoms with Gasteiger partial charge in [-0.1, -0.05) is 19.9 Å². The molecule has 22 heavy (non-hydrogen) atoms. The van der Waals surface area contributed by atoms with E-state index in [0.717, 1.165) is 34.1 Å². The monoisotopic (exact) mass is 333 g/mol. The van der Waals surface area contributed by atoms with Crippen molar-refractivity contribution in [3.05, 3.63) is 34.8 Å². The van der Waals surface area contributed by atoms with Gasteiger partial charge in [0.05, 0.1) is 11.3 Å². The number of amides is 1. The van der Waals surface area contributed by atoms with Crippen molar-refractivity contribution in [1.29, 1.82) is 0 Å². The Morgan fingerprint density at radius 1 is 1.36 bits per heavy atom.